The van der Waals surface area contributed by atoms with Crippen LogP contribution in [0.25, 0.3) is 11.2 Å². The average molecular weight is 242 g/mol. The van der Waals surface area contributed by atoms with E-state index in [1.54, 1.807) is 7.11 Å². The van der Waals surface area contributed by atoms with Gasteiger partial charge in [0.2, 0.25) is 5.88 Å². The molecule has 0 bridgehead atoms. The van der Waals surface area contributed by atoms with Gasteiger partial charge in [-0.05, 0) is 0 Å². The lowest BCUT2D eigenvalue weighted by atomic mass is 10.5. The zero-order valence-corrected chi connectivity index (χ0v) is 10.1. The Morgan fingerprint density at radius 3 is 2.75 bits per heavy atom. The number of rotatable bonds is 3. The van der Waals surface area contributed by atoms with Crippen molar-refractivity contribution in [3.05, 3.63) is 12.2 Å². The molecule has 2 aromatic heterocycles. The van der Waals surface area contributed by atoms with Crippen molar-refractivity contribution in [2.24, 2.45) is 0 Å². The van der Waals surface area contributed by atoms with Crippen LogP contribution in [0.3, 0.4) is 0 Å². The fourth-order valence-corrected chi connectivity index (χ4v) is 1.73. The summed E-state index contributed by atoms with van der Waals surface area (Å²) in [6.45, 7) is 0. The second-order valence-corrected chi connectivity index (χ2v) is 3.64. The van der Waals surface area contributed by atoms with Crippen molar-refractivity contribution in [1.82, 2.24) is 19.6 Å². The highest BCUT2D eigenvalue weighted by Gasteiger charge is 2.16. The van der Waals surface area contributed by atoms with Crippen molar-refractivity contribution in [3.63, 3.8) is 0 Å². The highest BCUT2D eigenvalue weighted by molar-refractivity contribution is 6.16. The number of alkyl halides is 1. The predicted octanol–water partition coefficient (Wildman–Crippen LogP) is 0.771. The first-order valence-electron chi connectivity index (χ1n) is 4.69. The van der Waals surface area contributed by atoms with Gasteiger partial charge in [0.05, 0.1) is 13.0 Å². The summed E-state index contributed by atoms with van der Waals surface area (Å²) >= 11 is 5.84. The van der Waals surface area contributed by atoms with Gasteiger partial charge in [-0.3, -0.25) is 0 Å². The van der Waals surface area contributed by atoms with Crippen molar-refractivity contribution in [2.45, 2.75) is 5.88 Å². The highest BCUT2D eigenvalue weighted by Crippen LogP contribution is 2.21. The summed E-state index contributed by atoms with van der Waals surface area (Å²) in [5, 5.41) is 1.86. The van der Waals surface area contributed by atoms with Crippen LogP contribution in [0, 0.1) is 0 Å². The summed E-state index contributed by atoms with van der Waals surface area (Å²) < 4.78 is 6.96. The Bertz CT molecular complexity index is 510. The van der Waals surface area contributed by atoms with Gasteiger partial charge in [0.1, 0.15) is 12.2 Å². The summed E-state index contributed by atoms with van der Waals surface area (Å²) in [7, 11) is 5.34. The van der Waals surface area contributed by atoms with E-state index >= 15 is 0 Å². The van der Waals surface area contributed by atoms with Crippen LogP contribution in [0.15, 0.2) is 6.33 Å². The maximum atomic E-state index is 5.84. The van der Waals surface area contributed by atoms with Crippen molar-refractivity contribution >= 4 is 22.8 Å². The third-order valence-corrected chi connectivity index (χ3v) is 2.41. The van der Waals surface area contributed by atoms with Gasteiger partial charge in [-0.1, -0.05) is 0 Å². The molecule has 2 heterocycles. The summed E-state index contributed by atoms with van der Waals surface area (Å²) in [4.78, 5) is 12.6. The molecule has 6 nitrogen and oxygen atoms in total. The zero-order valence-electron chi connectivity index (χ0n) is 9.31. The van der Waals surface area contributed by atoms with Gasteiger partial charge in [0, 0.05) is 14.1 Å². The van der Waals surface area contributed by atoms with Crippen molar-refractivity contribution in [2.75, 3.05) is 26.2 Å². The lowest BCUT2D eigenvalue weighted by Crippen LogP contribution is -2.26. The first kappa shape index (κ1) is 10.9. The van der Waals surface area contributed by atoms with E-state index in [9.17, 15) is 0 Å². The number of halogens is 1. The maximum absolute atomic E-state index is 5.84. The van der Waals surface area contributed by atoms with Crippen molar-refractivity contribution in [1.29, 1.82) is 0 Å². The first-order chi connectivity index (χ1) is 7.69. The molecule has 86 valence electrons. The third-order valence-electron chi connectivity index (χ3n) is 2.17. The molecule has 2 aromatic rings. The molecule has 0 aromatic carbocycles. The number of hydrogen-bond acceptors (Lipinski definition) is 5. The minimum atomic E-state index is 0.303. The van der Waals surface area contributed by atoms with Gasteiger partial charge in [-0.2, -0.15) is 4.98 Å². The third kappa shape index (κ3) is 1.55. The molecule has 0 fully saturated rings. The number of aromatic nitrogens is 4. The zero-order chi connectivity index (χ0) is 11.7. The van der Waals surface area contributed by atoms with Gasteiger partial charge in [-0.25, -0.2) is 14.6 Å². The van der Waals surface area contributed by atoms with E-state index in [2.05, 4.69) is 15.0 Å². The predicted molar refractivity (Wildman–Crippen MR) is 61.5 cm³/mol. The number of ether oxygens (including phenoxy) is 1. The molecule has 0 N–H and O–H groups in total. The van der Waals surface area contributed by atoms with Crippen LogP contribution in [0.1, 0.15) is 5.82 Å². The number of fused-ring (bicyclic) bond motifs is 1. The van der Waals surface area contributed by atoms with E-state index in [-0.39, 0.29) is 0 Å². The number of methoxy groups -OCH3 is 1. The van der Waals surface area contributed by atoms with E-state index < -0.39 is 0 Å². The molecule has 7 heteroatoms. The van der Waals surface area contributed by atoms with Crippen LogP contribution < -0.4 is 9.75 Å². The van der Waals surface area contributed by atoms with Crippen LogP contribution in [0.4, 0.5) is 0 Å². The molecule has 0 amide bonds. The van der Waals surface area contributed by atoms with Gasteiger partial charge in [0.25, 0.3) is 0 Å². The normalized spacial score (nSPS) is 10.8. The summed E-state index contributed by atoms with van der Waals surface area (Å²) in [6.07, 6.45) is 1.45. The Morgan fingerprint density at radius 1 is 1.44 bits per heavy atom. The standard InChI is InChI=1S/C9H12ClN5O/c1-14(2)15-6(4-10)13-7-8(15)11-5-12-9(7)16-3/h5H,4H2,1-3H3. The van der Waals surface area contributed by atoms with Crippen LogP contribution in [-0.2, 0) is 5.88 Å². The van der Waals surface area contributed by atoms with Crippen LogP contribution >= 0.6 is 11.6 Å². The van der Waals surface area contributed by atoms with Crippen molar-refractivity contribution < 1.29 is 4.74 Å². The van der Waals surface area contributed by atoms with E-state index in [4.69, 9.17) is 16.3 Å². The fourth-order valence-electron chi connectivity index (χ4n) is 1.56. The molecule has 0 atom stereocenters. The first-order valence-corrected chi connectivity index (χ1v) is 5.22. The Kier molecular flexibility index (Phi) is 2.82. The second kappa shape index (κ2) is 4.13. The Balaban J connectivity index is 2.77. The van der Waals surface area contributed by atoms with E-state index in [0.717, 1.165) is 0 Å². The molecule has 0 spiro atoms. The minimum Gasteiger partial charge on any atom is -0.479 e. The minimum absolute atomic E-state index is 0.303. The monoisotopic (exact) mass is 241 g/mol. The molecule has 0 aliphatic rings. The number of imidazole rings is 1. The molecule has 16 heavy (non-hydrogen) atoms. The van der Waals surface area contributed by atoms with Gasteiger partial charge in [0.15, 0.2) is 11.2 Å². The van der Waals surface area contributed by atoms with E-state index in [1.165, 1.54) is 6.33 Å². The molecule has 0 aliphatic carbocycles. The lowest BCUT2D eigenvalue weighted by molar-refractivity contribution is 0.401. The Morgan fingerprint density at radius 2 is 2.19 bits per heavy atom. The SMILES string of the molecule is COc1ncnc2c1nc(CCl)n2N(C)C. The molecule has 0 aliphatic heterocycles. The molecule has 0 radical (unpaired) electrons. The highest BCUT2D eigenvalue weighted by atomic mass is 35.5. The average Bonchev–Trinajstić information content (AvgIpc) is 2.66. The topological polar surface area (TPSA) is 56.1 Å². The number of hydrogen-bond donors (Lipinski definition) is 0. The molecule has 0 saturated carbocycles. The molecule has 0 unspecified atom stereocenters. The molecular weight excluding hydrogens is 230 g/mol. The van der Waals surface area contributed by atoms with Crippen molar-refractivity contribution in [3.8, 4) is 5.88 Å². The smallest absolute Gasteiger partial charge is 0.245 e. The van der Waals surface area contributed by atoms with Gasteiger partial charge < -0.3 is 9.75 Å². The second-order valence-electron chi connectivity index (χ2n) is 3.38. The molecule has 2 rings (SSSR count). The fraction of sp³-hybridized carbons (Fsp3) is 0.444. The molecule has 0 saturated heterocycles. The number of nitrogens with zero attached hydrogens (tertiary/aromatic N) is 5. The molecular formula is C9H12ClN5O. The van der Waals surface area contributed by atoms with Crippen LogP contribution in [-0.4, -0.2) is 40.8 Å². The van der Waals surface area contributed by atoms with E-state index in [0.29, 0.717) is 28.7 Å². The summed E-state index contributed by atoms with van der Waals surface area (Å²) in [6, 6.07) is 0. The Labute approximate surface area is 97.8 Å². The van der Waals surface area contributed by atoms with E-state index in [1.807, 2.05) is 23.8 Å². The van der Waals surface area contributed by atoms with Crippen LogP contribution in [0.5, 0.6) is 5.88 Å². The Hall–Kier alpha value is -1.56. The largest absolute Gasteiger partial charge is 0.479 e. The van der Waals surface area contributed by atoms with Crippen LogP contribution in [0.2, 0.25) is 0 Å². The van der Waals surface area contributed by atoms with Gasteiger partial charge >= 0.3 is 0 Å². The maximum Gasteiger partial charge on any atom is 0.245 e. The quantitative estimate of drug-likeness (QED) is 0.743. The summed E-state index contributed by atoms with van der Waals surface area (Å²) in [5.74, 6) is 1.47. The van der Waals surface area contributed by atoms with Gasteiger partial charge in [-0.15, -0.1) is 11.6 Å². The lowest BCUT2D eigenvalue weighted by Gasteiger charge is -2.16. The summed E-state index contributed by atoms with van der Waals surface area (Å²) in [5.41, 5.74) is 1.31.